The average molecular weight is 236 g/mol. The molecule has 0 saturated heterocycles. The highest BCUT2D eigenvalue weighted by Gasteiger charge is 2.03. The van der Waals surface area contributed by atoms with Gasteiger partial charge in [-0.25, -0.2) is 4.98 Å². The maximum absolute atomic E-state index is 8.67. The van der Waals surface area contributed by atoms with Crippen molar-refractivity contribution in [1.29, 1.82) is 5.41 Å². The number of aliphatic hydroxyl groups excluding tert-OH is 1. The molecule has 0 amide bonds. The van der Waals surface area contributed by atoms with E-state index >= 15 is 0 Å². The van der Waals surface area contributed by atoms with Crippen LogP contribution in [0.4, 0.5) is 5.82 Å². The summed E-state index contributed by atoms with van der Waals surface area (Å²) in [6, 6.07) is 3.66. The number of rotatable bonds is 7. The standard InChI is InChI=1S/C12H20N4O/c1-16(7-3-2-4-8-17)11-6-5-10(9-15-11)12(13)14/h5-6,9,17H,2-4,7-8H2,1H3,(H3,13,14). The van der Waals surface area contributed by atoms with Crippen LogP contribution in [0.15, 0.2) is 18.3 Å². The Hall–Kier alpha value is -1.62. The molecule has 0 aliphatic rings. The van der Waals surface area contributed by atoms with Crippen molar-refractivity contribution >= 4 is 11.7 Å². The Kier molecular flexibility index (Phi) is 5.42. The van der Waals surface area contributed by atoms with Gasteiger partial charge < -0.3 is 15.7 Å². The first-order valence-electron chi connectivity index (χ1n) is 5.77. The van der Waals surface area contributed by atoms with E-state index < -0.39 is 0 Å². The molecule has 5 nitrogen and oxygen atoms in total. The number of nitrogens with zero attached hydrogens (tertiary/aromatic N) is 2. The zero-order valence-electron chi connectivity index (χ0n) is 10.2. The molecule has 0 fully saturated rings. The topological polar surface area (TPSA) is 86.2 Å². The molecule has 0 radical (unpaired) electrons. The molecule has 0 aliphatic heterocycles. The fourth-order valence-corrected chi connectivity index (χ4v) is 1.52. The lowest BCUT2D eigenvalue weighted by Gasteiger charge is -2.18. The monoisotopic (exact) mass is 236 g/mol. The second kappa shape index (κ2) is 6.85. The van der Waals surface area contributed by atoms with Crippen LogP contribution in [0.3, 0.4) is 0 Å². The first-order valence-corrected chi connectivity index (χ1v) is 5.77. The molecule has 17 heavy (non-hydrogen) atoms. The van der Waals surface area contributed by atoms with Crippen LogP contribution in [0.25, 0.3) is 0 Å². The minimum Gasteiger partial charge on any atom is -0.396 e. The lowest BCUT2D eigenvalue weighted by molar-refractivity contribution is 0.283. The van der Waals surface area contributed by atoms with Gasteiger partial charge in [0.1, 0.15) is 11.7 Å². The van der Waals surface area contributed by atoms with Gasteiger partial charge in [0.25, 0.3) is 0 Å². The van der Waals surface area contributed by atoms with E-state index in [1.165, 1.54) is 0 Å². The van der Waals surface area contributed by atoms with Crippen molar-refractivity contribution in [2.75, 3.05) is 25.1 Å². The van der Waals surface area contributed by atoms with Crippen molar-refractivity contribution in [3.05, 3.63) is 23.9 Å². The molecule has 4 N–H and O–H groups in total. The van der Waals surface area contributed by atoms with Crippen LogP contribution in [0.5, 0.6) is 0 Å². The number of aromatic nitrogens is 1. The fourth-order valence-electron chi connectivity index (χ4n) is 1.52. The van der Waals surface area contributed by atoms with E-state index in [4.69, 9.17) is 16.2 Å². The van der Waals surface area contributed by atoms with Crippen LogP contribution in [0.1, 0.15) is 24.8 Å². The highest BCUT2D eigenvalue weighted by atomic mass is 16.2. The third-order valence-electron chi connectivity index (χ3n) is 2.60. The Morgan fingerprint density at radius 2 is 2.18 bits per heavy atom. The zero-order chi connectivity index (χ0) is 12.7. The van der Waals surface area contributed by atoms with Gasteiger partial charge in [-0.3, -0.25) is 5.41 Å². The predicted molar refractivity (Wildman–Crippen MR) is 69.5 cm³/mol. The van der Waals surface area contributed by atoms with Crippen molar-refractivity contribution in [2.45, 2.75) is 19.3 Å². The SMILES string of the molecule is CN(CCCCCO)c1ccc(C(=N)N)cn1. The molecule has 0 saturated carbocycles. The summed E-state index contributed by atoms with van der Waals surface area (Å²) in [5.74, 6) is 0.911. The number of pyridine rings is 1. The van der Waals surface area contributed by atoms with Crippen molar-refractivity contribution in [3.63, 3.8) is 0 Å². The largest absolute Gasteiger partial charge is 0.396 e. The molecular formula is C12H20N4O. The van der Waals surface area contributed by atoms with Gasteiger partial charge in [-0.1, -0.05) is 0 Å². The second-order valence-electron chi connectivity index (χ2n) is 4.02. The molecule has 0 atom stereocenters. The Morgan fingerprint density at radius 3 is 2.71 bits per heavy atom. The molecule has 1 rings (SSSR count). The number of aliphatic hydroxyl groups is 1. The Balaban J connectivity index is 2.46. The molecular weight excluding hydrogens is 216 g/mol. The van der Waals surface area contributed by atoms with Crippen molar-refractivity contribution in [1.82, 2.24) is 4.98 Å². The van der Waals surface area contributed by atoms with Gasteiger partial charge in [0.15, 0.2) is 0 Å². The smallest absolute Gasteiger partial charge is 0.128 e. The number of nitrogens with two attached hydrogens (primary N) is 1. The van der Waals surface area contributed by atoms with E-state index in [9.17, 15) is 0 Å². The van der Waals surface area contributed by atoms with E-state index in [-0.39, 0.29) is 12.4 Å². The first kappa shape index (κ1) is 13.4. The summed E-state index contributed by atoms with van der Waals surface area (Å²) in [4.78, 5) is 6.31. The zero-order valence-corrected chi connectivity index (χ0v) is 10.2. The molecule has 5 heteroatoms. The Morgan fingerprint density at radius 1 is 1.41 bits per heavy atom. The maximum atomic E-state index is 8.67. The van der Waals surface area contributed by atoms with E-state index in [0.29, 0.717) is 5.56 Å². The number of nitrogen functional groups attached to an aromatic ring is 1. The fraction of sp³-hybridized carbons (Fsp3) is 0.500. The van der Waals surface area contributed by atoms with Crippen molar-refractivity contribution < 1.29 is 5.11 Å². The summed E-state index contributed by atoms with van der Waals surface area (Å²) in [7, 11) is 1.98. The van der Waals surface area contributed by atoms with Gasteiger partial charge in [0.2, 0.25) is 0 Å². The van der Waals surface area contributed by atoms with E-state index in [2.05, 4.69) is 9.88 Å². The number of unbranched alkanes of at least 4 members (excludes halogenated alkanes) is 2. The van der Waals surface area contributed by atoms with E-state index in [0.717, 1.165) is 31.6 Å². The molecule has 0 aliphatic carbocycles. The van der Waals surface area contributed by atoms with Crippen molar-refractivity contribution in [2.24, 2.45) is 5.73 Å². The third-order valence-corrected chi connectivity index (χ3v) is 2.60. The third kappa shape index (κ3) is 4.40. The van der Waals surface area contributed by atoms with Gasteiger partial charge in [0, 0.05) is 32.0 Å². The summed E-state index contributed by atoms with van der Waals surface area (Å²) < 4.78 is 0. The minimum absolute atomic E-state index is 0.0367. The molecule has 1 heterocycles. The molecule has 1 aromatic rings. The highest BCUT2D eigenvalue weighted by Crippen LogP contribution is 2.10. The van der Waals surface area contributed by atoms with Crippen LogP contribution in [-0.4, -0.2) is 36.1 Å². The molecule has 94 valence electrons. The summed E-state index contributed by atoms with van der Waals surface area (Å²) in [5.41, 5.74) is 6.00. The second-order valence-corrected chi connectivity index (χ2v) is 4.02. The molecule has 1 aromatic heterocycles. The number of hydrogen-bond donors (Lipinski definition) is 3. The minimum atomic E-state index is 0.0367. The van der Waals surface area contributed by atoms with Gasteiger partial charge in [-0.2, -0.15) is 0 Å². The quantitative estimate of drug-likeness (QED) is 0.374. The number of hydrogen-bond acceptors (Lipinski definition) is 4. The van der Waals surface area contributed by atoms with E-state index in [1.807, 2.05) is 13.1 Å². The lowest BCUT2D eigenvalue weighted by Crippen LogP contribution is -2.20. The maximum Gasteiger partial charge on any atom is 0.128 e. The summed E-state index contributed by atoms with van der Waals surface area (Å²) in [6.07, 6.45) is 4.52. The molecule has 0 spiro atoms. The number of amidine groups is 1. The van der Waals surface area contributed by atoms with Crippen LogP contribution in [-0.2, 0) is 0 Å². The molecule has 0 bridgehead atoms. The summed E-state index contributed by atoms with van der Waals surface area (Å²) in [6.45, 7) is 1.17. The molecule has 0 unspecified atom stereocenters. The van der Waals surface area contributed by atoms with Crippen molar-refractivity contribution in [3.8, 4) is 0 Å². The van der Waals surface area contributed by atoms with Gasteiger partial charge in [0.05, 0.1) is 0 Å². The van der Waals surface area contributed by atoms with Crippen LogP contribution >= 0.6 is 0 Å². The van der Waals surface area contributed by atoms with Crippen LogP contribution in [0.2, 0.25) is 0 Å². The van der Waals surface area contributed by atoms with Gasteiger partial charge >= 0.3 is 0 Å². The average Bonchev–Trinajstić information content (AvgIpc) is 2.34. The van der Waals surface area contributed by atoms with Gasteiger partial charge in [-0.05, 0) is 31.4 Å². The summed E-state index contributed by atoms with van der Waals surface area (Å²) >= 11 is 0. The Bertz CT molecular complexity index is 350. The van der Waals surface area contributed by atoms with Crippen LogP contribution in [0, 0.1) is 5.41 Å². The number of nitrogens with one attached hydrogen (secondary N) is 1. The lowest BCUT2D eigenvalue weighted by atomic mass is 10.2. The van der Waals surface area contributed by atoms with E-state index in [1.54, 1.807) is 12.3 Å². The Labute approximate surface area is 102 Å². The molecule has 0 aromatic carbocycles. The number of anilines is 1. The summed E-state index contributed by atoms with van der Waals surface area (Å²) in [5, 5.41) is 15.9. The normalized spacial score (nSPS) is 10.2. The predicted octanol–water partition coefficient (Wildman–Crippen LogP) is 0.964. The van der Waals surface area contributed by atoms with Crippen LogP contribution < -0.4 is 10.6 Å². The first-order chi connectivity index (χ1) is 8.15. The van der Waals surface area contributed by atoms with Gasteiger partial charge in [-0.15, -0.1) is 0 Å². The highest BCUT2D eigenvalue weighted by molar-refractivity contribution is 5.94.